The van der Waals surface area contributed by atoms with E-state index in [1.807, 2.05) is 0 Å². The summed E-state index contributed by atoms with van der Waals surface area (Å²) in [5.41, 5.74) is 0. The van der Waals surface area contributed by atoms with E-state index in [0.717, 1.165) is 0 Å². The monoisotopic (exact) mass is 320 g/mol. The van der Waals surface area contributed by atoms with E-state index in [1.165, 1.54) is 0 Å². The number of carboxylic acid groups (broad SMARTS) is 1. The van der Waals surface area contributed by atoms with Gasteiger partial charge in [0.1, 0.15) is 12.7 Å². The van der Waals surface area contributed by atoms with Crippen LogP contribution in [0.25, 0.3) is 0 Å². The van der Waals surface area contributed by atoms with Crippen LogP contribution in [0.5, 0.6) is 0 Å². The number of aliphatic hydroxyl groups is 2. The van der Waals surface area contributed by atoms with Gasteiger partial charge >= 0.3 is 71.1 Å². The number of esters is 1. The zero-order valence-electron chi connectivity index (χ0n) is 8.51. The molecule has 2 unspecified atom stereocenters. The summed E-state index contributed by atoms with van der Waals surface area (Å²) in [7, 11) is -4.91. The van der Waals surface area contributed by atoms with Crippen molar-refractivity contribution in [3.8, 4) is 0 Å². The molecule has 0 saturated carbocycles. The Labute approximate surface area is 153 Å². The van der Waals surface area contributed by atoms with Crippen molar-refractivity contribution in [3.63, 3.8) is 0 Å². The standard InChI is InChI=1S/C7H12O9S.2Na.2H/c8-2-4(9)3-16-7(12)5(1-6(10)11)17(13,14)15;;;;/h4-5,8-9H,1-3H2,(H,10,11)(H,13,14,15);;;;. The summed E-state index contributed by atoms with van der Waals surface area (Å²) < 4.78 is 34.3. The van der Waals surface area contributed by atoms with Gasteiger partial charge in [-0.25, -0.2) is 0 Å². The Morgan fingerprint density at radius 2 is 1.68 bits per heavy atom. The van der Waals surface area contributed by atoms with Gasteiger partial charge in [-0.15, -0.1) is 0 Å². The van der Waals surface area contributed by atoms with Crippen LogP contribution in [0.4, 0.5) is 0 Å². The summed E-state index contributed by atoms with van der Waals surface area (Å²) in [4.78, 5) is 21.4. The second-order valence-electron chi connectivity index (χ2n) is 3.07. The number of aliphatic carboxylic acids is 1. The summed E-state index contributed by atoms with van der Waals surface area (Å²) in [5.74, 6) is -3.13. The molecule has 0 amide bonds. The molecular weight excluding hydrogens is 306 g/mol. The summed E-state index contributed by atoms with van der Waals surface area (Å²) >= 11 is 0. The number of carbonyl (C=O) groups is 2. The Bertz CT molecular complexity index is 382. The first-order valence-electron chi connectivity index (χ1n) is 4.32. The van der Waals surface area contributed by atoms with Gasteiger partial charge in [-0.1, -0.05) is 0 Å². The Morgan fingerprint density at radius 3 is 2.00 bits per heavy atom. The Morgan fingerprint density at radius 1 is 1.21 bits per heavy atom. The van der Waals surface area contributed by atoms with Crippen molar-refractivity contribution < 1.29 is 42.6 Å². The number of hydrogen-bond acceptors (Lipinski definition) is 7. The minimum absolute atomic E-state index is 0. The molecule has 0 aromatic heterocycles. The number of aliphatic hydroxyl groups excluding tert-OH is 2. The van der Waals surface area contributed by atoms with Crippen molar-refractivity contribution in [2.75, 3.05) is 13.2 Å². The molecule has 19 heavy (non-hydrogen) atoms. The van der Waals surface area contributed by atoms with Gasteiger partial charge in [0.2, 0.25) is 0 Å². The summed E-state index contributed by atoms with van der Waals surface area (Å²) in [5, 5.41) is 23.3. The molecule has 0 radical (unpaired) electrons. The average molecular weight is 320 g/mol. The van der Waals surface area contributed by atoms with E-state index in [-0.39, 0.29) is 59.1 Å². The number of carbonyl (C=O) groups excluding carboxylic acids is 1. The topological polar surface area (TPSA) is 158 Å². The van der Waals surface area contributed by atoms with Crippen LogP contribution < -0.4 is 0 Å². The van der Waals surface area contributed by atoms with Gasteiger partial charge < -0.3 is 20.1 Å². The van der Waals surface area contributed by atoms with E-state index in [2.05, 4.69) is 4.74 Å². The van der Waals surface area contributed by atoms with Crippen molar-refractivity contribution in [2.45, 2.75) is 17.8 Å². The first-order valence-corrected chi connectivity index (χ1v) is 5.82. The number of carboxylic acids is 1. The van der Waals surface area contributed by atoms with E-state index >= 15 is 0 Å². The van der Waals surface area contributed by atoms with Crippen LogP contribution in [-0.4, -0.2) is 124 Å². The molecule has 0 spiro atoms. The molecule has 12 heteroatoms. The van der Waals surface area contributed by atoms with Crippen molar-refractivity contribution in [1.82, 2.24) is 0 Å². The molecule has 2 atom stereocenters. The van der Waals surface area contributed by atoms with Gasteiger partial charge in [-0.05, 0) is 0 Å². The van der Waals surface area contributed by atoms with Crippen molar-refractivity contribution in [1.29, 1.82) is 0 Å². The second-order valence-corrected chi connectivity index (χ2v) is 4.67. The SMILES string of the molecule is O=C(O)CC(C(=O)OCC(O)CO)S(=O)(=O)O.[NaH].[NaH]. The first-order chi connectivity index (χ1) is 7.68. The maximum atomic E-state index is 11.1. The fraction of sp³-hybridized carbons (Fsp3) is 0.714. The van der Waals surface area contributed by atoms with Crippen molar-refractivity contribution >= 4 is 81.2 Å². The average Bonchev–Trinajstić information content (AvgIpc) is 2.20. The number of ether oxygens (including phenoxy) is 1. The molecule has 0 rings (SSSR count). The van der Waals surface area contributed by atoms with E-state index in [9.17, 15) is 18.0 Å². The zero-order valence-corrected chi connectivity index (χ0v) is 9.33. The van der Waals surface area contributed by atoms with Gasteiger partial charge in [0.05, 0.1) is 13.0 Å². The van der Waals surface area contributed by atoms with Crippen LogP contribution in [0, 0.1) is 0 Å². The molecular formula is C7H14Na2O9S. The third-order valence-electron chi connectivity index (χ3n) is 1.61. The minimum atomic E-state index is -4.91. The fourth-order valence-electron chi connectivity index (χ4n) is 0.793. The van der Waals surface area contributed by atoms with Crippen LogP contribution in [0.3, 0.4) is 0 Å². The quantitative estimate of drug-likeness (QED) is 0.210. The molecule has 4 N–H and O–H groups in total. The van der Waals surface area contributed by atoms with Gasteiger partial charge in [0.15, 0.2) is 5.25 Å². The molecule has 9 nitrogen and oxygen atoms in total. The third-order valence-corrected chi connectivity index (χ3v) is 2.69. The summed E-state index contributed by atoms with van der Waals surface area (Å²) in [6, 6.07) is 0. The predicted molar refractivity (Wildman–Crippen MR) is 65.9 cm³/mol. The first kappa shape index (κ1) is 24.8. The van der Waals surface area contributed by atoms with Gasteiger partial charge in [-0.2, -0.15) is 8.42 Å². The van der Waals surface area contributed by atoms with Crippen molar-refractivity contribution in [2.24, 2.45) is 0 Å². The van der Waals surface area contributed by atoms with Crippen molar-refractivity contribution in [3.05, 3.63) is 0 Å². The normalized spacial score (nSPS) is 13.4. The van der Waals surface area contributed by atoms with Crippen LogP contribution in [-0.2, 0) is 24.4 Å². The zero-order chi connectivity index (χ0) is 13.6. The van der Waals surface area contributed by atoms with Gasteiger partial charge in [-0.3, -0.25) is 14.1 Å². The summed E-state index contributed by atoms with van der Waals surface area (Å²) in [6.45, 7) is -1.43. The molecule has 0 saturated heterocycles. The Balaban J connectivity index is -0.00000128. The molecule has 104 valence electrons. The van der Waals surface area contributed by atoms with E-state index in [4.69, 9.17) is 19.9 Å². The molecule has 0 aliphatic heterocycles. The molecule has 0 aromatic carbocycles. The molecule has 0 aromatic rings. The molecule has 0 fully saturated rings. The van der Waals surface area contributed by atoms with Gasteiger partial charge in [0, 0.05) is 0 Å². The van der Waals surface area contributed by atoms with Crippen LogP contribution in [0.15, 0.2) is 0 Å². The molecule has 0 heterocycles. The summed E-state index contributed by atoms with van der Waals surface area (Å²) in [6.07, 6.45) is -2.57. The molecule has 0 bridgehead atoms. The Hall–Kier alpha value is 0.770. The van der Waals surface area contributed by atoms with E-state index in [1.54, 1.807) is 0 Å². The number of rotatable bonds is 7. The molecule has 0 aliphatic rings. The van der Waals surface area contributed by atoms with Gasteiger partial charge in [0.25, 0.3) is 10.1 Å². The van der Waals surface area contributed by atoms with E-state index < -0.39 is 53.0 Å². The second kappa shape index (κ2) is 11.4. The van der Waals surface area contributed by atoms with Crippen LogP contribution >= 0.6 is 0 Å². The molecule has 0 aliphatic carbocycles. The number of hydrogen-bond donors (Lipinski definition) is 4. The van der Waals surface area contributed by atoms with E-state index in [0.29, 0.717) is 0 Å². The fourth-order valence-corrected chi connectivity index (χ4v) is 1.46. The third kappa shape index (κ3) is 11.1. The van der Waals surface area contributed by atoms with Crippen LogP contribution in [0.1, 0.15) is 6.42 Å². The maximum absolute atomic E-state index is 11.1. The Kier molecular flexibility index (Phi) is 14.9. The van der Waals surface area contributed by atoms with Crippen LogP contribution in [0.2, 0.25) is 0 Å². The predicted octanol–water partition coefficient (Wildman–Crippen LogP) is -3.68.